The predicted molar refractivity (Wildman–Crippen MR) is 66.7 cm³/mol. The van der Waals surface area contributed by atoms with Crippen LogP contribution in [0.1, 0.15) is 32.1 Å². The number of piperidine rings is 1. The molecule has 16 heavy (non-hydrogen) atoms. The molecule has 2 rings (SSSR count). The lowest BCUT2D eigenvalue weighted by molar-refractivity contribution is 0.0543. The van der Waals surface area contributed by atoms with Gasteiger partial charge in [0.1, 0.15) is 0 Å². The van der Waals surface area contributed by atoms with Gasteiger partial charge < -0.3 is 15.0 Å². The van der Waals surface area contributed by atoms with Gasteiger partial charge in [0.25, 0.3) is 0 Å². The van der Waals surface area contributed by atoms with Crippen molar-refractivity contribution in [3.05, 3.63) is 0 Å². The van der Waals surface area contributed by atoms with Crippen LogP contribution >= 0.6 is 0 Å². The summed E-state index contributed by atoms with van der Waals surface area (Å²) in [5, 5.41) is 3.62. The summed E-state index contributed by atoms with van der Waals surface area (Å²) in [7, 11) is 2.27. The molecule has 2 fully saturated rings. The van der Waals surface area contributed by atoms with Crippen LogP contribution in [0.2, 0.25) is 0 Å². The highest BCUT2D eigenvalue weighted by Crippen LogP contribution is 2.16. The molecule has 0 aromatic rings. The van der Waals surface area contributed by atoms with Crippen molar-refractivity contribution in [1.82, 2.24) is 10.2 Å². The summed E-state index contributed by atoms with van der Waals surface area (Å²) < 4.78 is 5.40. The Balaban J connectivity index is 1.64. The van der Waals surface area contributed by atoms with E-state index in [1.807, 2.05) is 0 Å². The Morgan fingerprint density at radius 3 is 2.62 bits per heavy atom. The highest BCUT2D eigenvalue weighted by Gasteiger charge is 2.19. The van der Waals surface area contributed by atoms with Crippen molar-refractivity contribution in [2.24, 2.45) is 5.92 Å². The lowest BCUT2D eigenvalue weighted by atomic mass is 9.99. The first kappa shape index (κ1) is 12.3. The van der Waals surface area contributed by atoms with Crippen molar-refractivity contribution in [3.8, 4) is 0 Å². The number of likely N-dealkylation sites (N-methyl/N-ethyl adjacent to an activating group) is 1. The van der Waals surface area contributed by atoms with E-state index in [-0.39, 0.29) is 0 Å². The quantitative estimate of drug-likeness (QED) is 0.786. The van der Waals surface area contributed by atoms with Crippen LogP contribution in [-0.2, 0) is 4.74 Å². The fraction of sp³-hybridized carbons (Fsp3) is 1.00. The first-order chi connectivity index (χ1) is 7.84. The lowest BCUT2D eigenvalue weighted by Crippen LogP contribution is -2.43. The lowest BCUT2D eigenvalue weighted by Gasteiger charge is -2.31. The van der Waals surface area contributed by atoms with Crippen LogP contribution in [0.15, 0.2) is 0 Å². The number of nitrogens with one attached hydrogen (secondary N) is 1. The van der Waals surface area contributed by atoms with Crippen molar-refractivity contribution in [3.63, 3.8) is 0 Å². The molecule has 0 saturated carbocycles. The van der Waals surface area contributed by atoms with Gasteiger partial charge in [0.05, 0.1) is 0 Å². The molecule has 0 spiro atoms. The Kier molecular flexibility index (Phi) is 5.07. The number of ether oxygens (including phenoxy) is 1. The molecule has 0 radical (unpaired) electrons. The third kappa shape index (κ3) is 4.04. The molecule has 0 aromatic heterocycles. The Labute approximate surface area is 99.5 Å². The molecule has 0 amide bonds. The van der Waals surface area contributed by atoms with Gasteiger partial charge in [-0.15, -0.1) is 0 Å². The molecule has 1 N–H and O–H groups in total. The standard InChI is InChI=1S/C13H26N2O/c1-15(10-12-5-8-16-9-6-12)11-13-4-2-3-7-14-13/h12-14H,2-11H2,1H3/t13-/m0/s1. The molecule has 2 aliphatic rings. The second-order valence-corrected chi connectivity index (χ2v) is 5.42. The number of hydrogen-bond donors (Lipinski definition) is 1. The van der Waals surface area contributed by atoms with E-state index in [1.54, 1.807) is 0 Å². The second-order valence-electron chi connectivity index (χ2n) is 5.42. The molecule has 94 valence electrons. The van der Waals surface area contributed by atoms with Crippen LogP contribution in [0.25, 0.3) is 0 Å². The van der Waals surface area contributed by atoms with Crippen molar-refractivity contribution >= 4 is 0 Å². The predicted octanol–water partition coefficient (Wildman–Crippen LogP) is 1.49. The van der Waals surface area contributed by atoms with Crippen molar-refractivity contribution in [2.75, 3.05) is 39.9 Å². The zero-order valence-corrected chi connectivity index (χ0v) is 10.6. The topological polar surface area (TPSA) is 24.5 Å². The normalized spacial score (nSPS) is 28.5. The Hall–Kier alpha value is -0.120. The molecule has 0 aromatic carbocycles. The molecule has 0 unspecified atom stereocenters. The Morgan fingerprint density at radius 1 is 1.12 bits per heavy atom. The fourth-order valence-electron chi connectivity index (χ4n) is 2.90. The third-order valence-corrected chi connectivity index (χ3v) is 3.86. The zero-order chi connectivity index (χ0) is 11.2. The van der Waals surface area contributed by atoms with Gasteiger partial charge in [0.2, 0.25) is 0 Å². The van der Waals surface area contributed by atoms with Crippen LogP contribution in [0, 0.1) is 5.92 Å². The van der Waals surface area contributed by atoms with Gasteiger partial charge in [-0.05, 0) is 45.2 Å². The third-order valence-electron chi connectivity index (χ3n) is 3.86. The van der Waals surface area contributed by atoms with Crippen LogP contribution in [0.4, 0.5) is 0 Å². The van der Waals surface area contributed by atoms with Gasteiger partial charge in [-0.25, -0.2) is 0 Å². The zero-order valence-electron chi connectivity index (χ0n) is 10.6. The molecule has 1 atom stereocenters. The van der Waals surface area contributed by atoms with E-state index < -0.39 is 0 Å². The van der Waals surface area contributed by atoms with E-state index >= 15 is 0 Å². The van der Waals surface area contributed by atoms with Crippen molar-refractivity contribution in [2.45, 2.75) is 38.1 Å². The van der Waals surface area contributed by atoms with Crippen LogP contribution in [0.3, 0.4) is 0 Å². The van der Waals surface area contributed by atoms with Crippen LogP contribution < -0.4 is 5.32 Å². The first-order valence-electron chi connectivity index (χ1n) is 6.84. The minimum atomic E-state index is 0.735. The van der Waals surface area contributed by atoms with Crippen molar-refractivity contribution < 1.29 is 4.74 Å². The maximum atomic E-state index is 5.40. The molecule has 0 bridgehead atoms. The van der Waals surface area contributed by atoms with E-state index in [0.29, 0.717) is 0 Å². The second kappa shape index (κ2) is 6.58. The van der Waals surface area contributed by atoms with Crippen LogP contribution in [0.5, 0.6) is 0 Å². The van der Waals surface area contributed by atoms with E-state index in [4.69, 9.17) is 4.74 Å². The molecule has 0 aliphatic carbocycles. The number of hydrogen-bond acceptors (Lipinski definition) is 3. The van der Waals surface area contributed by atoms with Gasteiger partial charge in [-0.1, -0.05) is 6.42 Å². The molecular formula is C13H26N2O. The molecule has 3 nitrogen and oxygen atoms in total. The van der Waals surface area contributed by atoms with Gasteiger partial charge in [-0.3, -0.25) is 0 Å². The summed E-state index contributed by atoms with van der Waals surface area (Å²) in [4.78, 5) is 2.51. The minimum Gasteiger partial charge on any atom is -0.381 e. The van der Waals surface area contributed by atoms with Crippen LogP contribution in [-0.4, -0.2) is 50.8 Å². The molecular weight excluding hydrogens is 200 g/mol. The number of nitrogens with zero attached hydrogens (tertiary/aromatic N) is 1. The molecule has 3 heteroatoms. The maximum absolute atomic E-state index is 5.40. The smallest absolute Gasteiger partial charge is 0.0469 e. The summed E-state index contributed by atoms with van der Waals surface area (Å²) >= 11 is 0. The fourth-order valence-corrected chi connectivity index (χ4v) is 2.90. The molecule has 2 heterocycles. The van der Waals surface area contributed by atoms with E-state index in [0.717, 1.165) is 25.2 Å². The molecule has 2 aliphatic heterocycles. The summed E-state index contributed by atoms with van der Waals surface area (Å²) in [6, 6.07) is 0.735. The van der Waals surface area contributed by atoms with Gasteiger partial charge in [-0.2, -0.15) is 0 Å². The van der Waals surface area contributed by atoms with E-state index in [9.17, 15) is 0 Å². The van der Waals surface area contributed by atoms with E-state index in [1.165, 1.54) is 51.7 Å². The summed E-state index contributed by atoms with van der Waals surface area (Å²) in [6.07, 6.45) is 6.63. The largest absolute Gasteiger partial charge is 0.381 e. The average molecular weight is 226 g/mol. The van der Waals surface area contributed by atoms with Gasteiger partial charge >= 0.3 is 0 Å². The Bertz CT molecular complexity index is 166. The minimum absolute atomic E-state index is 0.735. The summed E-state index contributed by atoms with van der Waals surface area (Å²) in [5.74, 6) is 0.863. The van der Waals surface area contributed by atoms with Crippen molar-refractivity contribution in [1.29, 1.82) is 0 Å². The highest BCUT2D eigenvalue weighted by molar-refractivity contribution is 4.76. The Morgan fingerprint density at radius 2 is 1.94 bits per heavy atom. The monoisotopic (exact) mass is 226 g/mol. The maximum Gasteiger partial charge on any atom is 0.0469 e. The van der Waals surface area contributed by atoms with E-state index in [2.05, 4.69) is 17.3 Å². The van der Waals surface area contributed by atoms with Gasteiger partial charge in [0.15, 0.2) is 0 Å². The summed E-state index contributed by atoms with van der Waals surface area (Å²) in [5.41, 5.74) is 0. The summed E-state index contributed by atoms with van der Waals surface area (Å²) in [6.45, 7) is 5.63. The van der Waals surface area contributed by atoms with Gasteiger partial charge in [0, 0.05) is 32.3 Å². The average Bonchev–Trinajstić information content (AvgIpc) is 2.31. The highest BCUT2D eigenvalue weighted by atomic mass is 16.5. The number of rotatable bonds is 4. The SMILES string of the molecule is CN(CC1CCOCC1)C[C@@H]1CCCCN1. The molecule has 2 saturated heterocycles. The first-order valence-corrected chi connectivity index (χ1v) is 6.84.